The van der Waals surface area contributed by atoms with Gasteiger partial charge in [0.2, 0.25) is 0 Å². The molecule has 0 saturated carbocycles. The molecule has 2 aromatic rings. The summed E-state index contributed by atoms with van der Waals surface area (Å²) < 4.78 is 0. The Morgan fingerprint density at radius 3 is 2.70 bits per heavy atom. The van der Waals surface area contributed by atoms with E-state index in [1.807, 2.05) is 4.90 Å². The number of thiazole rings is 1. The lowest BCUT2D eigenvalue weighted by Gasteiger charge is -2.36. The van der Waals surface area contributed by atoms with Crippen LogP contribution in [0.5, 0.6) is 0 Å². The van der Waals surface area contributed by atoms with Gasteiger partial charge >= 0.3 is 0 Å². The molecule has 2 amide bonds. The summed E-state index contributed by atoms with van der Waals surface area (Å²) >= 11 is 1.19. The molecule has 3 rings (SSSR count). The van der Waals surface area contributed by atoms with Gasteiger partial charge in [0.25, 0.3) is 11.8 Å². The number of hydrogen-bond donors (Lipinski definition) is 1. The van der Waals surface area contributed by atoms with Crippen molar-refractivity contribution in [2.75, 3.05) is 37.6 Å². The molecule has 0 unspecified atom stereocenters. The number of rotatable bonds is 5. The van der Waals surface area contributed by atoms with Crippen molar-refractivity contribution >= 4 is 28.8 Å². The monoisotopic (exact) mass is 384 g/mol. The molecule has 0 bridgehead atoms. The molecule has 1 N–H and O–H groups in total. The van der Waals surface area contributed by atoms with Gasteiger partial charge in [-0.25, -0.2) is 4.98 Å². The van der Waals surface area contributed by atoms with Crippen LogP contribution in [0.1, 0.15) is 31.4 Å². The second-order valence-electron chi connectivity index (χ2n) is 6.53. The Balaban J connectivity index is 1.62. The standard InChI is InChI=1S/C20H24N4O2S/c1-4-8-21-18(25)19-22-16(13-27-19)20(26)24-11-9-23(10-12-24)17-7-5-6-14(2)15(17)3/h4-7,13H,1,8-12H2,2-3H3,(H,21,25). The smallest absolute Gasteiger partial charge is 0.280 e. The van der Waals surface area contributed by atoms with Crippen molar-refractivity contribution in [3.05, 3.63) is 58.1 Å². The van der Waals surface area contributed by atoms with Crippen molar-refractivity contribution in [3.63, 3.8) is 0 Å². The molecule has 6 nitrogen and oxygen atoms in total. The molecule has 1 aromatic carbocycles. The van der Waals surface area contributed by atoms with E-state index in [9.17, 15) is 9.59 Å². The van der Waals surface area contributed by atoms with E-state index in [-0.39, 0.29) is 11.8 Å². The highest BCUT2D eigenvalue weighted by Crippen LogP contribution is 2.24. The molecule has 2 heterocycles. The first-order valence-electron chi connectivity index (χ1n) is 8.96. The van der Waals surface area contributed by atoms with Gasteiger partial charge in [0.1, 0.15) is 5.69 Å². The van der Waals surface area contributed by atoms with Gasteiger partial charge in [-0.15, -0.1) is 17.9 Å². The van der Waals surface area contributed by atoms with Crippen LogP contribution < -0.4 is 10.2 Å². The summed E-state index contributed by atoms with van der Waals surface area (Å²) in [7, 11) is 0. The average Bonchev–Trinajstić information content (AvgIpc) is 3.18. The minimum Gasteiger partial charge on any atom is -0.368 e. The van der Waals surface area contributed by atoms with Crippen molar-refractivity contribution in [1.82, 2.24) is 15.2 Å². The summed E-state index contributed by atoms with van der Waals surface area (Å²) in [5, 5.41) is 4.63. The SMILES string of the molecule is C=CCNC(=O)c1nc(C(=O)N2CCN(c3cccc(C)c3C)CC2)cs1. The number of piperazine rings is 1. The Kier molecular flexibility index (Phi) is 5.91. The normalized spacial score (nSPS) is 14.1. The Bertz CT molecular complexity index is 853. The topological polar surface area (TPSA) is 65.5 Å². The maximum absolute atomic E-state index is 12.7. The number of aryl methyl sites for hydroxylation is 1. The van der Waals surface area contributed by atoms with Gasteiger partial charge in [-0.05, 0) is 31.0 Å². The van der Waals surface area contributed by atoms with Gasteiger partial charge in [-0.3, -0.25) is 9.59 Å². The minimum atomic E-state index is -0.279. The molecule has 1 saturated heterocycles. The van der Waals surface area contributed by atoms with Crippen molar-refractivity contribution < 1.29 is 9.59 Å². The molecule has 1 aliphatic heterocycles. The van der Waals surface area contributed by atoms with Gasteiger partial charge in [0.15, 0.2) is 5.01 Å². The molecular weight excluding hydrogens is 360 g/mol. The Hall–Kier alpha value is -2.67. The number of benzene rings is 1. The van der Waals surface area contributed by atoms with E-state index in [4.69, 9.17) is 0 Å². The number of carbonyl (C=O) groups excluding carboxylic acids is 2. The maximum atomic E-state index is 12.7. The highest BCUT2D eigenvalue weighted by atomic mass is 32.1. The molecule has 1 fully saturated rings. The van der Waals surface area contributed by atoms with Gasteiger partial charge in [0, 0.05) is 43.8 Å². The van der Waals surface area contributed by atoms with Crippen molar-refractivity contribution in [1.29, 1.82) is 0 Å². The highest BCUT2D eigenvalue weighted by Gasteiger charge is 2.25. The van der Waals surface area contributed by atoms with E-state index < -0.39 is 0 Å². The largest absolute Gasteiger partial charge is 0.368 e. The highest BCUT2D eigenvalue weighted by molar-refractivity contribution is 7.11. The van der Waals surface area contributed by atoms with E-state index in [2.05, 4.69) is 53.8 Å². The first-order valence-corrected chi connectivity index (χ1v) is 9.84. The number of nitrogens with one attached hydrogen (secondary N) is 1. The lowest BCUT2D eigenvalue weighted by molar-refractivity contribution is 0.0741. The van der Waals surface area contributed by atoms with Crippen molar-refractivity contribution in [2.45, 2.75) is 13.8 Å². The number of amides is 2. The maximum Gasteiger partial charge on any atom is 0.280 e. The molecule has 1 aromatic heterocycles. The lowest BCUT2D eigenvalue weighted by Crippen LogP contribution is -2.49. The van der Waals surface area contributed by atoms with Crippen LogP contribution in [-0.2, 0) is 0 Å². The Labute approximate surface area is 163 Å². The molecule has 0 radical (unpaired) electrons. The van der Waals surface area contributed by atoms with Crippen molar-refractivity contribution in [3.8, 4) is 0 Å². The minimum absolute atomic E-state index is 0.116. The zero-order valence-corrected chi connectivity index (χ0v) is 16.5. The predicted octanol–water partition coefficient (Wildman–Crippen LogP) is 2.64. The second kappa shape index (κ2) is 8.35. The van der Waals surface area contributed by atoms with Crippen LogP contribution in [0.2, 0.25) is 0 Å². The molecule has 0 atom stereocenters. The van der Waals surface area contributed by atoms with Crippen LogP contribution >= 0.6 is 11.3 Å². The fourth-order valence-corrected chi connectivity index (χ4v) is 3.81. The molecule has 27 heavy (non-hydrogen) atoms. The third-order valence-electron chi connectivity index (χ3n) is 4.81. The van der Waals surface area contributed by atoms with Crippen LogP contribution in [0.25, 0.3) is 0 Å². The van der Waals surface area contributed by atoms with E-state index in [1.165, 1.54) is 28.2 Å². The Morgan fingerprint density at radius 2 is 2.00 bits per heavy atom. The summed E-state index contributed by atoms with van der Waals surface area (Å²) in [6.45, 7) is 11.0. The van der Waals surface area contributed by atoms with Gasteiger partial charge in [-0.1, -0.05) is 18.2 Å². The van der Waals surface area contributed by atoms with E-state index >= 15 is 0 Å². The van der Waals surface area contributed by atoms with Crippen LogP contribution in [-0.4, -0.2) is 54.4 Å². The fourth-order valence-electron chi connectivity index (χ4n) is 3.11. The number of carbonyl (C=O) groups is 2. The van der Waals surface area contributed by atoms with Gasteiger partial charge < -0.3 is 15.1 Å². The average molecular weight is 385 g/mol. The summed E-state index contributed by atoms with van der Waals surface area (Å²) in [6.07, 6.45) is 1.60. The third kappa shape index (κ3) is 4.19. The number of anilines is 1. The lowest BCUT2D eigenvalue weighted by atomic mass is 10.1. The van der Waals surface area contributed by atoms with E-state index in [0.29, 0.717) is 30.3 Å². The summed E-state index contributed by atoms with van der Waals surface area (Å²) in [5.74, 6) is -0.395. The summed E-state index contributed by atoms with van der Waals surface area (Å²) in [6, 6.07) is 6.32. The zero-order chi connectivity index (χ0) is 19.4. The number of hydrogen-bond acceptors (Lipinski definition) is 5. The van der Waals surface area contributed by atoms with Crippen molar-refractivity contribution in [2.24, 2.45) is 0 Å². The Morgan fingerprint density at radius 1 is 1.26 bits per heavy atom. The first-order chi connectivity index (χ1) is 13.0. The van der Waals surface area contributed by atoms with E-state index in [1.54, 1.807) is 11.5 Å². The van der Waals surface area contributed by atoms with Crippen LogP contribution in [0.4, 0.5) is 5.69 Å². The molecule has 7 heteroatoms. The number of nitrogens with zero attached hydrogens (tertiary/aromatic N) is 3. The second-order valence-corrected chi connectivity index (χ2v) is 7.39. The fraction of sp³-hybridized carbons (Fsp3) is 0.350. The summed E-state index contributed by atoms with van der Waals surface area (Å²) in [4.78, 5) is 33.0. The molecule has 0 spiro atoms. The summed E-state index contributed by atoms with van der Waals surface area (Å²) in [5.41, 5.74) is 4.13. The van der Waals surface area contributed by atoms with Crippen LogP contribution in [0.15, 0.2) is 36.2 Å². The van der Waals surface area contributed by atoms with Crippen LogP contribution in [0, 0.1) is 13.8 Å². The van der Waals surface area contributed by atoms with Gasteiger partial charge in [-0.2, -0.15) is 0 Å². The molecular formula is C20H24N4O2S. The third-order valence-corrected chi connectivity index (χ3v) is 5.65. The van der Waals surface area contributed by atoms with Gasteiger partial charge in [0.05, 0.1) is 0 Å². The number of aromatic nitrogens is 1. The molecule has 142 valence electrons. The zero-order valence-electron chi connectivity index (χ0n) is 15.7. The van der Waals surface area contributed by atoms with Crippen LogP contribution in [0.3, 0.4) is 0 Å². The molecule has 1 aliphatic rings. The quantitative estimate of drug-likeness (QED) is 0.805. The first kappa shape index (κ1) is 19.1. The molecule has 0 aliphatic carbocycles. The van der Waals surface area contributed by atoms with E-state index in [0.717, 1.165) is 13.1 Å². The predicted molar refractivity (Wildman–Crippen MR) is 109 cm³/mol.